The van der Waals surface area contributed by atoms with E-state index >= 15 is 0 Å². The number of ether oxygens (including phenoxy) is 1. The SMILES string of the molecule is CCCCCN1C(=O)C(=O)/C(=C(\O)c2ccc(OCCC)cc2)C1c1ccco1. The number of nitrogens with zero attached hydrogens (tertiary/aromatic N) is 1. The quantitative estimate of drug-likeness (QED) is 0.288. The standard InChI is InChI=1S/C23H27NO5/c1-3-5-6-13-24-20(18-8-7-15-29-18)19(22(26)23(24)27)21(25)16-9-11-17(12-10-16)28-14-4-2/h7-12,15,20,25H,3-6,13-14H2,1-2H3/b21-19-. The van der Waals surface area contributed by atoms with E-state index in [0.29, 0.717) is 30.2 Å². The number of likely N-dealkylation sites (tertiary alicyclic amines) is 1. The van der Waals surface area contributed by atoms with Gasteiger partial charge in [-0.05, 0) is 49.2 Å². The van der Waals surface area contributed by atoms with Crippen LogP contribution in [0.1, 0.15) is 56.9 Å². The Morgan fingerprint density at radius 3 is 2.48 bits per heavy atom. The summed E-state index contributed by atoms with van der Waals surface area (Å²) in [5.41, 5.74) is 0.514. The molecule has 1 atom stereocenters. The largest absolute Gasteiger partial charge is 0.507 e. The summed E-state index contributed by atoms with van der Waals surface area (Å²) in [6, 6.07) is 9.56. The topological polar surface area (TPSA) is 80.0 Å². The second kappa shape index (κ2) is 9.45. The molecule has 1 unspecified atom stereocenters. The Hall–Kier alpha value is -3.02. The molecule has 1 saturated heterocycles. The second-order valence-electron chi connectivity index (χ2n) is 7.09. The number of aliphatic hydroxyl groups excluding tert-OH is 1. The van der Waals surface area contributed by atoms with Gasteiger partial charge in [-0.15, -0.1) is 0 Å². The van der Waals surface area contributed by atoms with E-state index in [1.807, 2.05) is 6.92 Å². The molecule has 0 aliphatic carbocycles. The minimum absolute atomic E-state index is 0.0590. The highest BCUT2D eigenvalue weighted by Gasteiger charge is 2.47. The van der Waals surface area contributed by atoms with Gasteiger partial charge in [-0.1, -0.05) is 26.7 Å². The predicted molar refractivity (Wildman–Crippen MR) is 109 cm³/mol. The number of ketones is 1. The molecule has 1 fully saturated rings. The Kier molecular flexibility index (Phi) is 6.75. The Labute approximate surface area is 170 Å². The first kappa shape index (κ1) is 20.7. The number of unbranched alkanes of at least 4 members (excludes halogenated alkanes) is 2. The third-order valence-corrected chi connectivity index (χ3v) is 4.96. The highest BCUT2D eigenvalue weighted by molar-refractivity contribution is 6.46. The van der Waals surface area contributed by atoms with Crippen LogP contribution in [0.2, 0.25) is 0 Å². The Morgan fingerprint density at radius 1 is 1.10 bits per heavy atom. The summed E-state index contributed by atoms with van der Waals surface area (Å²) in [5.74, 6) is -0.348. The van der Waals surface area contributed by atoms with Crippen LogP contribution in [0, 0.1) is 0 Å². The van der Waals surface area contributed by atoms with Crippen molar-refractivity contribution in [1.82, 2.24) is 4.90 Å². The van der Waals surface area contributed by atoms with Gasteiger partial charge in [-0.2, -0.15) is 0 Å². The molecule has 2 heterocycles. The van der Waals surface area contributed by atoms with Crippen LogP contribution in [0.4, 0.5) is 0 Å². The number of furan rings is 1. The summed E-state index contributed by atoms with van der Waals surface area (Å²) < 4.78 is 11.1. The van der Waals surface area contributed by atoms with Crippen molar-refractivity contribution in [2.24, 2.45) is 0 Å². The van der Waals surface area contributed by atoms with Gasteiger partial charge in [0.15, 0.2) is 0 Å². The van der Waals surface area contributed by atoms with Crippen molar-refractivity contribution in [2.75, 3.05) is 13.2 Å². The Bertz CT molecular complexity index is 867. The second-order valence-corrected chi connectivity index (χ2v) is 7.09. The van der Waals surface area contributed by atoms with Crippen LogP contribution in [0.5, 0.6) is 5.75 Å². The van der Waals surface area contributed by atoms with E-state index in [-0.39, 0.29) is 11.3 Å². The molecule has 1 aromatic heterocycles. The molecule has 1 amide bonds. The lowest BCUT2D eigenvalue weighted by atomic mass is 9.99. The maximum absolute atomic E-state index is 12.8. The van der Waals surface area contributed by atoms with Gasteiger partial charge in [0, 0.05) is 12.1 Å². The van der Waals surface area contributed by atoms with Crippen LogP contribution in [-0.2, 0) is 9.59 Å². The minimum Gasteiger partial charge on any atom is -0.507 e. The van der Waals surface area contributed by atoms with Gasteiger partial charge in [0.1, 0.15) is 23.3 Å². The number of hydrogen-bond acceptors (Lipinski definition) is 5. The van der Waals surface area contributed by atoms with Crippen LogP contribution in [0.25, 0.3) is 5.76 Å². The zero-order valence-corrected chi connectivity index (χ0v) is 16.9. The fraction of sp³-hybridized carbons (Fsp3) is 0.391. The molecule has 154 valence electrons. The molecule has 0 spiro atoms. The molecule has 1 N–H and O–H groups in total. The lowest BCUT2D eigenvalue weighted by Gasteiger charge is -2.23. The summed E-state index contributed by atoms with van der Waals surface area (Å²) in [7, 11) is 0. The zero-order chi connectivity index (χ0) is 20.8. The van der Waals surface area contributed by atoms with Crippen molar-refractivity contribution in [1.29, 1.82) is 0 Å². The van der Waals surface area contributed by atoms with Crippen LogP contribution in [0.3, 0.4) is 0 Å². The Morgan fingerprint density at radius 2 is 1.86 bits per heavy atom. The van der Waals surface area contributed by atoms with Crippen molar-refractivity contribution in [3.63, 3.8) is 0 Å². The third kappa shape index (κ3) is 4.36. The minimum atomic E-state index is -0.724. The van der Waals surface area contributed by atoms with Gasteiger partial charge in [0.2, 0.25) is 0 Å². The number of aliphatic hydroxyl groups is 1. The highest BCUT2D eigenvalue weighted by atomic mass is 16.5. The summed E-state index contributed by atoms with van der Waals surface area (Å²) in [4.78, 5) is 27.0. The van der Waals surface area contributed by atoms with Crippen molar-refractivity contribution in [3.05, 3.63) is 59.6 Å². The van der Waals surface area contributed by atoms with Gasteiger partial charge in [0.25, 0.3) is 11.7 Å². The molecule has 6 heteroatoms. The molecule has 6 nitrogen and oxygen atoms in total. The molecular weight excluding hydrogens is 370 g/mol. The maximum Gasteiger partial charge on any atom is 0.295 e. The molecule has 1 aliphatic rings. The molecule has 0 bridgehead atoms. The van der Waals surface area contributed by atoms with Crippen molar-refractivity contribution >= 4 is 17.4 Å². The van der Waals surface area contributed by atoms with Crippen molar-refractivity contribution in [2.45, 2.75) is 45.6 Å². The molecule has 2 aromatic rings. The molecule has 0 radical (unpaired) electrons. The van der Waals surface area contributed by atoms with E-state index in [9.17, 15) is 14.7 Å². The fourth-order valence-electron chi connectivity index (χ4n) is 3.47. The average Bonchev–Trinajstić information content (AvgIpc) is 3.35. The summed E-state index contributed by atoms with van der Waals surface area (Å²) >= 11 is 0. The summed E-state index contributed by atoms with van der Waals surface area (Å²) in [6.45, 7) is 5.14. The van der Waals surface area contributed by atoms with Gasteiger partial charge in [-0.25, -0.2) is 0 Å². The van der Waals surface area contributed by atoms with Gasteiger partial charge in [-0.3, -0.25) is 9.59 Å². The number of carbonyl (C=O) groups excluding carboxylic acids is 2. The monoisotopic (exact) mass is 397 g/mol. The highest BCUT2D eigenvalue weighted by Crippen LogP contribution is 2.39. The van der Waals surface area contributed by atoms with E-state index in [1.165, 1.54) is 11.2 Å². The third-order valence-electron chi connectivity index (χ3n) is 4.96. The first-order valence-corrected chi connectivity index (χ1v) is 10.1. The number of carbonyl (C=O) groups is 2. The lowest BCUT2D eigenvalue weighted by Crippen LogP contribution is -2.30. The van der Waals surface area contributed by atoms with E-state index in [1.54, 1.807) is 36.4 Å². The molecule has 1 aromatic carbocycles. The first-order chi connectivity index (χ1) is 14.1. The number of benzene rings is 1. The fourth-order valence-corrected chi connectivity index (χ4v) is 3.47. The molecule has 29 heavy (non-hydrogen) atoms. The normalized spacial score (nSPS) is 18.4. The molecule has 1 aliphatic heterocycles. The molecular formula is C23H27NO5. The van der Waals surface area contributed by atoms with Crippen molar-refractivity contribution < 1.29 is 23.8 Å². The lowest BCUT2D eigenvalue weighted by molar-refractivity contribution is -0.140. The van der Waals surface area contributed by atoms with Crippen LogP contribution >= 0.6 is 0 Å². The van der Waals surface area contributed by atoms with Gasteiger partial charge in [0.05, 0.1) is 18.4 Å². The summed E-state index contributed by atoms with van der Waals surface area (Å²) in [6.07, 6.45) is 5.13. The molecule has 0 saturated carbocycles. The molecule has 3 rings (SSSR count). The Balaban J connectivity index is 1.97. The first-order valence-electron chi connectivity index (χ1n) is 10.1. The van der Waals surface area contributed by atoms with E-state index < -0.39 is 17.7 Å². The number of amides is 1. The smallest absolute Gasteiger partial charge is 0.295 e. The summed E-state index contributed by atoms with van der Waals surface area (Å²) in [5, 5.41) is 10.9. The number of rotatable bonds is 9. The maximum atomic E-state index is 12.8. The van der Waals surface area contributed by atoms with Crippen LogP contribution < -0.4 is 4.74 Å². The van der Waals surface area contributed by atoms with E-state index in [0.717, 1.165) is 25.7 Å². The van der Waals surface area contributed by atoms with Gasteiger partial charge >= 0.3 is 0 Å². The van der Waals surface area contributed by atoms with Crippen molar-refractivity contribution in [3.8, 4) is 5.75 Å². The average molecular weight is 397 g/mol. The van der Waals surface area contributed by atoms with Crippen LogP contribution in [-0.4, -0.2) is 34.8 Å². The van der Waals surface area contributed by atoms with E-state index in [4.69, 9.17) is 9.15 Å². The van der Waals surface area contributed by atoms with Gasteiger partial charge < -0.3 is 19.2 Å². The number of Topliss-reactive ketones (excluding diaryl/α,β-unsaturated/α-hetero) is 1. The van der Waals surface area contributed by atoms with E-state index in [2.05, 4.69) is 6.92 Å². The zero-order valence-electron chi connectivity index (χ0n) is 16.9. The number of hydrogen-bond donors (Lipinski definition) is 1. The predicted octanol–water partition coefficient (Wildman–Crippen LogP) is 4.68. The van der Waals surface area contributed by atoms with Crippen LogP contribution in [0.15, 0.2) is 52.7 Å².